The molecule has 0 saturated carbocycles. The normalized spacial score (nSPS) is 15.5. The van der Waals surface area contributed by atoms with Gasteiger partial charge in [0.2, 0.25) is 5.89 Å². The van der Waals surface area contributed by atoms with Crippen LogP contribution in [0.25, 0.3) is 11.3 Å². The van der Waals surface area contributed by atoms with Gasteiger partial charge < -0.3 is 9.32 Å². The maximum atomic E-state index is 5.93. The number of hydrogen-bond donors (Lipinski definition) is 0. The zero-order valence-corrected chi connectivity index (χ0v) is 14.7. The zero-order chi connectivity index (χ0) is 17.1. The van der Waals surface area contributed by atoms with Crippen LogP contribution in [0.1, 0.15) is 5.89 Å². The van der Waals surface area contributed by atoms with Crippen LogP contribution in [-0.2, 0) is 6.54 Å². The first-order valence-electron chi connectivity index (χ1n) is 8.51. The van der Waals surface area contributed by atoms with E-state index in [0.29, 0.717) is 0 Å². The van der Waals surface area contributed by atoms with Gasteiger partial charge in [-0.1, -0.05) is 29.8 Å². The van der Waals surface area contributed by atoms with Crippen molar-refractivity contribution in [2.75, 3.05) is 31.1 Å². The molecule has 2 aromatic carbocycles. The Morgan fingerprint density at radius 2 is 1.64 bits per heavy atom. The fourth-order valence-electron chi connectivity index (χ4n) is 3.13. The van der Waals surface area contributed by atoms with Gasteiger partial charge in [-0.05, 0) is 36.4 Å². The van der Waals surface area contributed by atoms with Crippen molar-refractivity contribution < 1.29 is 4.42 Å². The van der Waals surface area contributed by atoms with Crippen LogP contribution in [0.5, 0.6) is 0 Å². The van der Waals surface area contributed by atoms with Crippen molar-refractivity contribution in [3.05, 3.63) is 71.7 Å². The van der Waals surface area contributed by atoms with E-state index in [0.717, 1.165) is 55.0 Å². The highest BCUT2D eigenvalue weighted by atomic mass is 35.5. The molecule has 128 valence electrons. The van der Waals surface area contributed by atoms with E-state index >= 15 is 0 Å². The molecule has 2 heterocycles. The van der Waals surface area contributed by atoms with Crippen LogP contribution in [-0.4, -0.2) is 36.1 Å². The largest absolute Gasteiger partial charge is 0.439 e. The van der Waals surface area contributed by atoms with E-state index in [1.165, 1.54) is 5.69 Å². The number of hydrogen-bond acceptors (Lipinski definition) is 4. The molecular formula is C20H20ClN3O. The van der Waals surface area contributed by atoms with Gasteiger partial charge in [-0.25, -0.2) is 4.98 Å². The third-order valence-corrected chi connectivity index (χ3v) is 4.79. The molecule has 0 amide bonds. The third-order valence-electron chi connectivity index (χ3n) is 4.53. The Morgan fingerprint density at radius 3 is 2.36 bits per heavy atom. The zero-order valence-electron chi connectivity index (χ0n) is 13.9. The average molecular weight is 354 g/mol. The van der Waals surface area contributed by atoms with E-state index in [-0.39, 0.29) is 0 Å². The lowest BCUT2D eigenvalue weighted by Crippen LogP contribution is -2.46. The minimum absolute atomic E-state index is 0.722. The summed E-state index contributed by atoms with van der Waals surface area (Å²) in [5, 5.41) is 0.722. The Kier molecular flexibility index (Phi) is 4.72. The Bertz CT molecular complexity index is 808. The number of para-hydroxylation sites is 1. The minimum Gasteiger partial charge on any atom is -0.439 e. The smallest absolute Gasteiger partial charge is 0.209 e. The molecular weight excluding hydrogens is 334 g/mol. The molecule has 0 spiro atoms. The van der Waals surface area contributed by atoms with E-state index in [4.69, 9.17) is 16.0 Å². The average Bonchev–Trinajstić information content (AvgIpc) is 3.12. The lowest BCUT2D eigenvalue weighted by atomic mass is 10.2. The van der Waals surface area contributed by atoms with Gasteiger partial charge in [0, 0.05) is 42.5 Å². The van der Waals surface area contributed by atoms with E-state index in [2.05, 4.69) is 45.1 Å². The number of anilines is 1. The topological polar surface area (TPSA) is 32.5 Å². The van der Waals surface area contributed by atoms with Gasteiger partial charge in [-0.2, -0.15) is 0 Å². The monoisotopic (exact) mass is 353 g/mol. The summed E-state index contributed by atoms with van der Waals surface area (Å²) < 4.78 is 5.91. The molecule has 0 radical (unpaired) electrons. The molecule has 0 unspecified atom stereocenters. The predicted octanol–water partition coefficient (Wildman–Crippen LogP) is 4.32. The molecule has 25 heavy (non-hydrogen) atoms. The molecule has 1 aromatic heterocycles. The number of benzene rings is 2. The van der Waals surface area contributed by atoms with E-state index in [1.54, 1.807) is 6.20 Å². The fraction of sp³-hybridized carbons (Fsp3) is 0.250. The van der Waals surface area contributed by atoms with E-state index in [1.807, 2.05) is 24.3 Å². The van der Waals surface area contributed by atoms with Crippen LogP contribution >= 0.6 is 11.6 Å². The summed E-state index contributed by atoms with van der Waals surface area (Å²) in [6.07, 6.45) is 1.79. The van der Waals surface area contributed by atoms with Gasteiger partial charge in [0.25, 0.3) is 0 Å². The lowest BCUT2D eigenvalue weighted by molar-refractivity contribution is 0.227. The molecule has 1 aliphatic rings. The second kappa shape index (κ2) is 7.30. The van der Waals surface area contributed by atoms with Crippen LogP contribution in [0.3, 0.4) is 0 Å². The summed E-state index contributed by atoms with van der Waals surface area (Å²) in [6, 6.07) is 18.2. The predicted molar refractivity (Wildman–Crippen MR) is 101 cm³/mol. The molecule has 1 aliphatic heterocycles. The maximum Gasteiger partial charge on any atom is 0.209 e. The number of nitrogens with zero attached hydrogens (tertiary/aromatic N) is 3. The van der Waals surface area contributed by atoms with E-state index < -0.39 is 0 Å². The summed E-state index contributed by atoms with van der Waals surface area (Å²) in [5.41, 5.74) is 2.29. The summed E-state index contributed by atoms with van der Waals surface area (Å²) in [6.45, 7) is 4.81. The highest BCUT2D eigenvalue weighted by Gasteiger charge is 2.19. The first-order valence-corrected chi connectivity index (χ1v) is 8.89. The molecule has 5 heteroatoms. The number of oxazole rings is 1. The quantitative estimate of drug-likeness (QED) is 0.699. The number of rotatable bonds is 4. The Balaban J connectivity index is 1.35. The highest BCUT2D eigenvalue weighted by Crippen LogP contribution is 2.23. The lowest BCUT2D eigenvalue weighted by Gasteiger charge is -2.35. The molecule has 4 nitrogen and oxygen atoms in total. The molecule has 0 bridgehead atoms. The summed E-state index contributed by atoms with van der Waals surface area (Å²) in [4.78, 5) is 9.24. The van der Waals surface area contributed by atoms with Gasteiger partial charge in [-0.3, -0.25) is 4.90 Å². The van der Waals surface area contributed by atoms with Crippen LogP contribution < -0.4 is 4.90 Å². The van der Waals surface area contributed by atoms with Crippen molar-refractivity contribution in [3.63, 3.8) is 0 Å². The van der Waals surface area contributed by atoms with Gasteiger partial charge in [0.1, 0.15) is 0 Å². The second-order valence-corrected chi connectivity index (χ2v) is 6.66. The highest BCUT2D eigenvalue weighted by molar-refractivity contribution is 6.30. The van der Waals surface area contributed by atoms with Crippen molar-refractivity contribution in [3.8, 4) is 11.3 Å². The number of aromatic nitrogens is 1. The van der Waals surface area contributed by atoms with Gasteiger partial charge in [0.15, 0.2) is 5.76 Å². The minimum atomic E-state index is 0.722. The molecule has 3 aromatic rings. The summed E-state index contributed by atoms with van der Waals surface area (Å²) in [7, 11) is 0. The van der Waals surface area contributed by atoms with Gasteiger partial charge in [-0.15, -0.1) is 0 Å². The summed E-state index contributed by atoms with van der Waals surface area (Å²) >= 11 is 5.93. The Hall–Kier alpha value is -2.30. The van der Waals surface area contributed by atoms with Crippen LogP contribution in [0.2, 0.25) is 5.02 Å². The fourth-order valence-corrected chi connectivity index (χ4v) is 3.25. The standard InChI is InChI=1S/C20H20ClN3O/c21-17-8-6-16(7-9-17)19-14-22-20(25-19)15-23-10-12-24(13-11-23)18-4-2-1-3-5-18/h1-9,14H,10-13,15H2. The molecule has 1 fully saturated rings. The van der Waals surface area contributed by atoms with Gasteiger partial charge in [0.05, 0.1) is 12.7 Å². The van der Waals surface area contributed by atoms with Crippen LogP contribution in [0.15, 0.2) is 65.2 Å². The molecule has 1 saturated heterocycles. The van der Waals surface area contributed by atoms with Gasteiger partial charge >= 0.3 is 0 Å². The Morgan fingerprint density at radius 1 is 0.920 bits per heavy atom. The second-order valence-electron chi connectivity index (χ2n) is 6.22. The molecule has 0 aliphatic carbocycles. The summed E-state index contributed by atoms with van der Waals surface area (Å²) in [5.74, 6) is 1.55. The third kappa shape index (κ3) is 3.86. The Labute approximate surface area is 152 Å². The first-order chi connectivity index (χ1) is 12.3. The van der Waals surface area contributed by atoms with Crippen LogP contribution in [0.4, 0.5) is 5.69 Å². The molecule has 0 atom stereocenters. The van der Waals surface area contributed by atoms with Crippen molar-refractivity contribution in [2.45, 2.75) is 6.54 Å². The SMILES string of the molecule is Clc1ccc(-c2cnc(CN3CCN(c4ccccc4)CC3)o2)cc1. The number of halogens is 1. The van der Waals surface area contributed by atoms with Crippen molar-refractivity contribution in [1.82, 2.24) is 9.88 Å². The van der Waals surface area contributed by atoms with Crippen molar-refractivity contribution in [2.24, 2.45) is 0 Å². The molecule has 4 rings (SSSR count). The maximum absolute atomic E-state index is 5.93. The van der Waals surface area contributed by atoms with Crippen molar-refractivity contribution >= 4 is 17.3 Å². The van der Waals surface area contributed by atoms with Crippen molar-refractivity contribution in [1.29, 1.82) is 0 Å². The van der Waals surface area contributed by atoms with E-state index in [9.17, 15) is 0 Å². The first kappa shape index (κ1) is 16.2. The molecule has 0 N–H and O–H groups in total. The van der Waals surface area contributed by atoms with Crippen LogP contribution in [0, 0.1) is 0 Å². The number of piperazine rings is 1.